The molecule has 1 aromatic rings. The zero-order valence-corrected chi connectivity index (χ0v) is 10.7. The first-order valence-electron chi connectivity index (χ1n) is 5.56. The van der Waals surface area contributed by atoms with Gasteiger partial charge in [-0.25, -0.2) is 4.79 Å². The minimum absolute atomic E-state index is 0.305. The molecule has 1 unspecified atom stereocenters. The molecular weight excluding hydrogens is 232 g/mol. The summed E-state index contributed by atoms with van der Waals surface area (Å²) in [6.45, 7) is 3.01. The predicted octanol–water partition coefficient (Wildman–Crippen LogP) is 2.41. The van der Waals surface area contributed by atoms with E-state index in [1.54, 1.807) is 25.1 Å². The quantitative estimate of drug-likeness (QED) is 0.606. The molecule has 0 aliphatic heterocycles. The lowest BCUT2D eigenvalue weighted by Crippen LogP contribution is -2.18. The Hall–Kier alpha value is -2.10. The summed E-state index contributed by atoms with van der Waals surface area (Å²) in [7, 11) is 1.29. The molecule has 1 atom stereocenters. The molecule has 0 aliphatic rings. The zero-order valence-electron chi connectivity index (χ0n) is 10.7. The largest absolute Gasteiger partial charge is 0.466 e. The highest BCUT2D eigenvalue weighted by atomic mass is 16.6. The van der Waals surface area contributed by atoms with E-state index in [2.05, 4.69) is 4.74 Å². The molecule has 0 radical (unpaired) electrons. The molecule has 0 aromatic heterocycles. The zero-order chi connectivity index (χ0) is 13.5. The van der Waals surface area contributed by atoms with E-state index in [-0.39, 0.29) is 0 Å². The Kier molecular flexibility index (Phi) is 5.11. The molecule has 18 heavy (non-hydrogen) atoms. The van der Waals surface area contributed by atoms with Crippen molar-refractivity contribution in [1.82, 2.24) is 0 Å². The maximum absolute atomic E-state index is 11.7. The van der Waals surface area contributed by atoms with Gasteiger partial charge in [0.05, 0.1) is 12.7 Å². The molecule has 1 aromatic carbocycles. The summed E-state index contributed by atoms with van der Waals surface area (Å²) < 4.78 is 9.89. The molecule has 96 valence electrons. The molecule has 0 fully saturated rings. The van der Waals surface area contributed by atoms with Crippen molar-refractivity contribution < 1.29 is 19.1 Å². The first-order valence-corrected chi connectivity index (χ1v) is 5.56. The van der Waals surface area contributed by atoms with Crippen molar-refractivity contribution in [2.45, 2.75) is 20.0 Å². The Morgan fingerprint density at radius 1 is 1.22 bits per heavy atom. The molecule has 0 amide bonds. The topological polar surface area (TPSA) is 52.6 Å². The third-order valence-electron chi connectivity index (χ3n) is 2.40. The first-order chi connectivity index (χ1) is 8.60. The number of methoxy groups -OCH3 is 1. The lowest BCUT2D eigenvalue weighted by atomic mass is 10.0. The van der Waals surface area contributed by atoms with Gasteiger partial charge in [0.1, 0.15) is 0 Å². The van der Waals surface area contributed by atoms with Crippen LogP contribution in [0.3, 0.4) is 0 Å². The van der Waals surface area contributed by atoms with Crippen LogP contribution in [0.5, 0.6) is 0 Å². The second kappa shape index (κ2) is 6.59. The van der Waals surface area contributed by atoms with Crippen LogP contribution >= 0.6 is 0 Å². The number of rotatable bonds is 4. The number of allylic oxidation sites excluding steroid dienone is 1. The van der Waals surface area contributed by atoms with E-state index in [1.165, 1.54) is 14.0 Å². The van der Waals surface area contributed by atoms with Gasteiger partial charge in [-0.1, -0.05) is 36.4 Å². The normalized spacial score (nSPS) is 12.7. The van der Waals surface area contributed by atoms with Crippen molar-refractivity contribution in [3.63, 3.8) is 0 Å². The Morgan fingerprint density at radius 3 is 2.28 bits per heavy atom. The highest BCUT2D eigenvalue weighted by molar-refractivity contribution is 5.90. The molecule has 0 saturated heterocycles. The standard InChI is InChI=1S/C14H16O4/c1-4-12(14(16)17-3)13(18-10(2)15)11-8-6-5-7-9-11/h4-9,13H,1-3H3/b12-4+. The van der Waals surface area contributed by atoms with E-state index >= 15 is 0 Å². The molecule has 4 nitrogen and oxygen atoms in total. The maximum Gasteiger partial charge on any atom is 0.337 e. The number of esters is 2. The van der Waals surface area contributed by atoms with Crippen LogP contribution in [0.1, 0.15) is 25.5 Å². The van der Waals surface area contributed by atoms with E-state index in [0.29, 0.717) is 5.57 Å². The molecule has 0 aliphatic carbocycles. The average Bonchev–Trinajstić information content (AvgIpc) is 2.38. The van der Waals surface area contributed by atoms with Gasteiger partial charge in [-0.2, -0.15) is 0 Å². The molecule has 0 spiro atoms. The smallest absolute Gasteiger partial charge is 0.337 e. The van der Waals surface area contributed by atoms with Crippen molar-refractivity contribution in [1.29, 1.82) is 0 Å². The molecule has 0 N–H and O–H groups in total. The molecule has 4 heteroatoms. The Labute approximate surface area is 106 Å². The van der Waals surface area contributed by atoms with Crippen LogP contribution in [0.25, 0.3) is 0 Å². The molecule has 0 saturated carbocycles. The van der Waals surface area contributed by atoms with E-state index in [9.17, 15) is 9.59 Å². The van der Waals surface area contributed by atoms with Gasteiger partial charge in [-0.15, -0.1) is 0 Å². The summed E-state index contributed by atoms with van der Waals surface area (Å²) >= 11 is 0. The van der Waals surface area contributed by atoms with E-state index in [4.69, 9.17) is 4.74 Å². The second-order valence-electron chi connectivity index (χ2n) is 3.64. The lowest BCUT2D eigenvalue weighted by Gasteiger charge is -2.19. The number of hydrogen-bond acceptors (Lipinski definition) is 4. The van der Waals surface area contributed by atoms with Crippen molar-refractivity contribution in [2.24, 2.45) is 0 Å². The first kappa shape index (κ1) is 14.0. The van der Waals surface area contributed by atoms with Crippen LogP contribution in [0.2, 0.25) is 0 Å². The lowest BCUT2D eigenvalue weighted by molar-refractivity contribution is -0.147. The molecule has 1 rings (SSSR count). The number of carbonyl (C=O) groups excluding carboxylic acids is 2. The second-order valence-corrected chi connectivity index (χ2v) is 3.64. The fourth-order valence-corrected chi connectivity index (χ4v) is 1.60. The fourth-order valence-electron chi connectivity index (χ4n) is 1.60. The van der Waals surface area contributed by atoms with Crippen molar-refractivity contribution >= 4 is 11.9 Å². The van der Waals surface area contributed by atoms with Crippen molar-refractivity contribution in [2.75, 3.05) is 7.11 Å². The molecule has 0 heterocycles. The van der Waals surface area contributed by atoms with Crippen LogP contribution in [0, 0.1) is 0 Å². The van der Waals surface area contributed by atoms with Crippen LogP contribution in [0.4, 0.5) is 0 Å². The Morgan fingerprint density at radius 2 is 1.83 bits per heavy atom. The van der Waals surface area contributed by atoms with E-state index in [0.717, 1.165) is 5.56 Å². The van der Waals surface area contributed by atoms with Gasteiger partial charge in [0.25, 0.3) is 0 Å². The minimum Gasteiger partial charge on any atom is -0.466 e. The third kappa shape index (κ3) is 3.45. The average molecular weight is 248 g/mol. The van der Waals surface area contributed by atoms with Gasteiger partial charge < -0.3 is 9.47 Å². The summed E-state index contributed by atoms with van der Waals surface area (Å²) in [5.41, 5.74) is 1.03. The molecular formula is C14H16O4. The van der Waals surface area contributed by atoms with Crippen molar-refractivity contribution in [3.8, 4) is 0 Å². The number of carbonyl (C=O) groups is 2. The van der Waals surface area contributed by atoms with E-state index in [1.807, 2.05) is 18.2 Å². The maximum atomic E-state index is 11.7. The van der Waals surface area contributed by atoms with Gasteiger partial charge >= 0.3 is 11.9 Å². The van der Waals surface area contributed by atoms with Crippen molar-refractivity contribution in [3.05, 3.63) is 47.5 Å². The summed E-state index contributed by atoms with van der Waals surface area (Å²) in [5, 5.41) is 0. The van der Waals surface area contributed by atoms with Crippen LogP contribution in [-0.2, 0) is 19.1 Å². The SMILES string of the molecule is C/C=C(/C(=O)OC)C(OC(C)=O)c1ccccc1. The van der Waals surface area contributed by atoms with Gasteiger partial charge in [0, 0.05) is 6.92 Å². The highest BCUT2D eigenvalue weighted by Crippen LogP contribution is 2.26. The number of ether oxygens (including phenoxy) is 2. The summed E-state index contributed by atoms with van der Waals surface area (Å²) in [6.07, 6.45) is 0.855. The third-order valence-corrected chi connectivity index (χ3v) is 2.40. The Bertz CT molecular complexity index is 448. The van der Waals surface area contributed by atoms with E-state index < -0.39 is 18.0 Å². The van der Waals surface area contributed by atoms with Gasteiger partial charge in [-0.05, 0) is 12.5 Å². The van der Waals surface area contributed by atoms with Crippen LogP contribution < -0.4 is 0 Å². The number of hydrogen-bond donors (Lipinski definition) is 0. The Balaban J connectivity index is 3.13. The van der Waals surface area contributed by atoms with Gasteiger partial charge in [0.15, 0.2) is 6.10 Å². The molecule has 0 bridgehead atoms. The monoisotopic (exact) mass is 248 g/mol. The number of benzene rings is 1. The highest BCUT2D eigenvalue weighted by Gasteiger charge is 2.25. The van der Waals surface area contributed by atoms with Gasteiger partial charge in [-0.3, -0.25) is 4.79 Å². The predicted molar refractivity (Wildman–Crippen MR) is 66.7 cm³/mol. The van der Waals surface area contributed by atoms with Gasteiger partial charge in [0.2, 0.25) is 0 Å². The van der Waals surface area contributed by atoms with Crippen LogP contribution in [-0.4, -0.2) is 19.0 Å². The van der Waals surface area contributed by atoms with Crippen LogP contribution in [0.15, 0.2) is 42.0 Å². The minimum atomic E-state index is -0.735. The fraction of sp³-hybridized carbons (Fsp3) is 0.286. The summed E-state index contributed by atoms with van der Waals surface area (Å²) in [6, 6.07) is 9.06. The summed E-state index contributed by atoms with van der Waals surface area (Å²) in [4.78, 5) is 22.8. The summed E-state index contributed by atoms with van der Waals surface area (Å²) in [5.74, 6) is -0.959.